The number of aryl methyl sites for hydroxylation is 1. The van der Waals surface area contributed by atoms with Gasteiger partial charge in [-0.1, -0.05) is 61.9 Å². The molecule has 0 aromatic heterocycles. The van der Waals surface area contributed by atoms with Crippen LogP contribution in [0.25, 0.3) is 5.57 Å². The Morgan fingerprint density at radius 3 is 2.37 bits per heavy atom. The smallest absolute Gasteiger partial charge is 0.278 e. The lowest BCUT2D eigenvalue weighted by Crippen LogP contribution is -2.37. The van der Waals surface area contributed by atoms with E-state index in [2.05, 4.69) is 6.07 Å². The molecule has 2 amide bonds. The second-order valence-electron chi connectivity index (χ2n) is 7.73. The van der Waals surface area contributed by atoms with Gasteiger partial charge in [0.05, 0.1) is 5.57 Å². The van der Waals surface area contributed by atoms with E-state index < -0.39 is 0 Å². The van der Waals surface area contributed by atoms with E-state index in [0.29, 0.717) is 17.8 Å². The maximum Gasteiger partial charge on any atom is 0.278 e. The number of amides is 2. The summed E-state index contributed by atoms with van der Waals surface area (Å²) >= 11 is 0. The quantitative estimate of drug-likeness (QED) is 0.779. The fourth-order valence-corrected chi connectivity index (χ4v) is 3.90. The third-order valence-electron chi connectivity index (χ3n) is 5.19. The van der Waals surface area contributed by atoms with Gasteiger partial charge in [-0.15, -0.1) is 0 Å². The van der Waals surface area contributed by atoms with Crippen LogP contribution in [-0.2, 0) is 16.0 Å². The SMILES string of the molecule is Cc1ccc(C2=C(N3CCc4ccccc43)C(=O)N(CC(C)C)C2=O)cc1. The number of carbonyl (C=O) groups is 2. The highest BCUT2D eigenvalue weighted by Gasteiger charge is 2.43. The molecule has 0 fully saturated rings. The van der Waals surface area contributed by atoms with Crippen LogP contribution in [0.5, 0.6) is 0 Å². The summed E-state index contributed by atoms with van der Waals surface area (Å²) in [5.41, 5.74) is 5.24. The Kier molecular flexibility index (Phi) is 4.34. The van der Waals surface area contributed by atoms with Gasteiger partial charge in [0.25, 0.3) is 11.8 Å². The van der Waals surface area contributed by atoms with E-state index in [1.54, 1.807) is 0 Å². The molecule has 0 radical (unpaired) electrons. The first-order chi connectivity index (χ1) is 13.0. The van der Waals surface area contributed by atoms with Gasteiger partial charge in [0.1, 0.15) is 5.70 Å². The van der Waals surface area contributed by atoms with E-state index in [0.717, 1.165) is 29.8 Å². The minimum absolute atomic E-state index is 0.180. The van der Waals surface area contributed by atoms with Crippen molar-refractivity contribution < 1.29 is 9.59 Å². The molecule has 0 unspecified atom stereocenters. The van der Waals surface area contributed by atoms with E-state index in [9.17, 15) is 9.59 Å². The fourth-order valence-electron chi connectivity index (χ4n) is 3.90. The zero-order valence-corrected chi connectivity index (χ0v) is 16.0. The second-order valence-corrected chi connectivity index (χ2v) is 7.73. The maximum absolute atomic E-state index is 13.3. The second kappa shape index (κ2) is 6.69. The molecule has 4 heteroatoms. The number of carbonyl (C=O) groups excluding carboxylic acids is 2. The van der Waals surface area contributed by atoms with Crippen molar-refractivity contribution in [1.82, 2.24) is 4.90 Å². The minimum atomic E-state index is -0.183. The fraction of sp³-hybridized carbons (Fsp3) is 0.304. The van der Waals surface area contributed by atoms with Gasteiger partial charge in [-0.25, -0.2) is 0 Å². The Balaban J connectivity index is 1.86. The number of rotatable bonds is 4. The number of hydrogen-bond acceptors (Lipinski definition) is 3. The molecule has 0 bridgehead atoms. The summed E-state index contributed by atoms with van der Waals surface area (Å²) in [7, 11) is 0. The molecule has 0 atom stereocenters. The summed E-state index contributed by atoms with van der Waals surface area (Å²) in [5, 5.41) is 0. The highest BCUT2D eigenvalue weighted by molar-refractivity contribution is 6.36. The van der Waals surface area contributed by atoms with Crippen molar-refractivity contribution in [2.24, 2.45) is 5.92 Å². The number of para-hydroxylation sites is 1. The summed E-state index contributed by atoms with van der Waals surface area (Å²) in [6, 6.07) is 16.0. The van der Waals surface area contributed by atoms with Crippen LogP contribution >= 0.6 is 0 Å². The number of nitrogens with zero attached hydrogens (tertiary/aromatic N) is 2. The standard InChI is InChI=1S/C23H24N2O2/c1-15(2)14-25-22(26)20(18-10-8-16(3)9-11-18)21(23(25)27)24-13-12-17-6-4-5-7-19(17)24/h4-11,15H,12-14H2,1-3H3. The molecule has 0 aliphatic carbocycles. The highest BCUT2D eigenvalue weighted by Crippen LogP contribution is 2.38. The van der Waals surface area contributed by atoms with Crippen molar-refractivity contribution in [2.45, 2.75) is 27.2 Å². The van der Waals surface area contributed by atoms with Crippen LogP contribution in [0, 0.1) is 12.8 Å². The molecular formula is C23H24N2O2. The predicted octanol–water partition coefficient (Wildman–Crippen LogP) is 3.79. The lowest BCUT2D eigenvalue weighted by molar-refractivity contribution is -0.137. The van der Waals surface area contributed by atoms with Gasteiger partial charge in [-0.3, -0.25) is 14.5 Å². The van der Waals surface area contributed by atoms with Gasteiger partial charge in [0, 0.05) is 18.8 Å². The molecule has 27 heavy (non-hydrogen) atoms. The Labute approximate surface area is 160 Å². The molecular weight excluding hydrogens is 336 g/mol. The normalized spacial score (nSPS) is 16.7. The molecule has 0 spiro atoms. The molecule has 2 aromatic carbocycles. The molecule has 4 nitrogen and oxygen atoms in total. The van der Waals surface area contributed by atoms with Crippen molar-refractivity contribution in [1.29, 1.82) is 0 Å². The van der Waals surface area contributed by atoms with Crippen LogP contribution in [0.1, 0.15) is 30.5 Å². The van der Waals surface area contributed by atoms with E-state index in [4.69, 9.17) is 0 Å². The Morgan fingerprint density at radius 2 is 1.67 bits per heavy atom. The monoisotopic (exact) mass is 360 g/mol. The van der Waals surface area contributed by atoms with Crippen LogP contribution in [-0.4, -0.2) is 29.8 Å². The summed E-state index contributed by atoms with van der Waals surface area (Å²) in [6.45, 7) is 7.22. The van der Waals surface area contributed by atoms with Crippen LogP contribution < -0.4 is 4.90 Å². The number of anilines is 1. The maximum atomic E-state index is 13.3. The van der Waals surface area contributed by atoms with E-state index >= 15 is 0 Å². The van der Waals surface area contributed by atoms with Crippen LogP contribution in [0.2, 0.25) is 0 Å². The van der Waals surface area contributed by atoms with Crippen molar-refractivity contribution in [3.63, 3.8) is 0 Å². The van der Waals surface area contributed by atoms with Gasteiger partial charge < -0.3 is 4.90 Å². The van der Waals surface area contributed by atoms with Crippen molar-refractivity contribution in [2.75, 3.05) is 18.0 Å². The van der Waals surface area contributed by atoms with Gasteiger partial charge in [0.15, 0.2) is 0 Å². The minimum Gasteiger partial charge on any atom is -0.336 e. The van der Waals surface area contributed by atoms with E-state index in [1.165, 1.54) is 10.5 Å². The Morgan fingerprint density at radius 1 is 0.963 bits per heavy atom. The lowest BCUT2D eigenvalue weighted by Gasteiger charge is -2.22. The Bertz CT molecular complexity index is 941. The third-order valence-corrected chi connectivity index (χ3v) is 5.19. The molecule has 0 N–H and O–H groups in total. The first-order valence-corrected chi connectivity index (χ1v) is 9.50. The van der Waals surface area contributed by atoms with Crippen molar-refractivity contribution >= 4 is 23.1 Å². The lowest BCUT2D eigenvalue weighted by atomic mass is 10.0. The molecule has 0 saturated carbocycles. The van der Waals surface area contributed by atoms with Crippen LogP contribution in [0.4, 0.5) is 5.69 Å². The summed E-state index contributed by atoms with van der Waals surface area (Å²) < 4.78 is 0. The van der Waals surface area contributed by atoms with E-state index in [-0.39, 0.29) is 17.7 Å². The molecule has 2 aromatic rings. The third kappa shape index (κ3) is 2.95. The van der Waals surface area contributed by atoms with Gasteiger partial charge in [-0.05, 0) is 36.5 Å². The van der Waals surface area contributed by atoms with Crippen molar-refractivity contribution in [3.05, 3.63) is 70.9 Å². The number of fused-ring (bicyclic) bond motifs is 1. The summed E-state index contributed by atoms with van der Waals surface area (Å²) in [6.07, 6.45) is 0.881. The molecule has 2 heterocycles. The summed E-state index contributed by atoms with van der Waals surface area (Å²) in [4.78, 5) is 30.0. The van der Waals surface area contributed by atoms with Gasteiger partial charge in [-0.2, -0.15) is 0 Å². The summed E-state index contributed by atoms with van der Waals surface area (Å²) in [5.74, 6) is -0.139. The molecule has 138 valence electrons. The van der Waals surface area contributed by atoms with Gasteiger partial charge >= 0.3 is 0 Å². The van der Waals surface area contributed by atoms with E-state index in [1.807, 2.05) is 68.1 Å². The highest BCUT2D eigenvalue weighted by atomic mass is 16.2. The topological polar surface area (TPSA) is 40.6 Å². The van der Waals surface area contributed by atoms with Crippen molar-refractivity contribution in [3.8, 4) is 0 Å². The first-order valence-electron chi connectivity index (χ1n) is 9.50. The number of benzene rings is 2. The van der Waals surface area contributed by atoms with Gasteiger partial charge in [0.2, 0.25) is 0 Å². The average Bonchev–Trinajstić information content (AvgIpc) is 3.16. The van der Waals surface area contributed by atoms with Crippen LogP contribution in [0.3, 0.4) is 0 Å². The number of hydrogen-bond donors (Lipinski definition) is 0. The average molecular weight is 360 g/mol. The Hall–Kier alpha value is -2.88. The molecule has 0 saturated heterocycles. The molecule has 4 rings (SSSR count). The molecule has 2 aliphatic heterocycles. The number of imide groups is 1. The zero-order chi connectivity index (χ0) is 19.1. The zero-order valence-electron chi connectivity index (χ0n) is 16.0. The largest absolute Gasteiger partial charge is 0.336 e. The first kappa shape index (κ1) is 17.5. The van der Waals surface area contributed by atoms with Crippen LogP contribution in [0.15, 0.2) is 54.2 Å². The predicted molar refractivity (Wildman–Crippen MR) is 107 cm³/mol. The molecule has 2 aliphatic rings.